The van der Waals surface area contributed by atoms with Crippen LogP contribution in [0.4, 0.5) is 17.6 Å². The Morgan fingerprint density at radius 2 is 1.73 bits per heavy atom. The Morgan fingerprint density at radius 1 is 1.14 bits per heavy atom. The molecule has 0 unspecified atom stereocenters. The lowest BCUT2D eigenvalue weighted by atomic mass is 9.78. The molecule has 0 N–H and O–H groups in total. The number of alkyl halides is 3. The van der Waals surface area contributed by atoms with Crippen molar-refractivity contribution in [3.05, 3.63) is 41.7 Å². The van der Waals surface area contributed by atoms with E-state index in [0.717, 1.165) is 31.2 Å². The number of benzene rings is 1. The molecule has 0 aliphatic heterocycles. The summed E-state index contributed by atoms with van der Waals surface area (Å²) in [6, 6.07) is 7.36. The van der Waals surface area contributed by atoms with E-state index >= 15 is 0 Å². The van der Waals surface area contributed by atoms with Crippen LogP contribution in [-0.2, 0) is 0 Å². The van der Waals surface area contributed by atoms with Crippen LogP contribution in [0, 0.1) is 17.2 Å². The molecular formula is C16H15F4NO. The predicted octanol–water partition coefficient (Wildman–Crippen LogP) is 5.24. The van der Waals surface area contributed by atoms with E-state index in [2.05, 4.69) is 4.74 Å². The molecule has 2 nitrogen and oxygen atoms in total. The highest BCUT2D eigenvalue weighted by molar-refractivity contribution is 5.30. The Labute approximate surface area is 126 Å². The lowest BCUT2D eigenvalue weighted by Crippen LogP contribution is -2.17. The molecule has 118 valence electrons. The molecular weight excluding hydrogens is 298 g/mol. The molecule has 0 amide bonds. The second-order valence-electron chi connectivity index (χ2n) is 5.35. The van der Waals surface area contributed by atoms with Crippen molar-refractivity contribution in [2.45, 2.75) is 38.0 Å². The maximum Gasteiger partial charge on any atom is 0.573 e. The van der Waals surface area contributed by atoms with Gasteiger partial charge in [-0.3, -0.25) is 0 Å². The second-order valence-corrected chi connectivity index (χ2v) is 5.35. The highest BCUT2D eigenvalue weighted by Gasteiger charge is 2.31. The van der Waals surface area contributed by atoms with E-state index in [0.29, 0.717) is 0 Å². The minimum absolute atomic E-state index is 0.0590. The van der Waals surface area contributed by atoms with Gasteiger partial charge in [-0.1, -0.05) is 12.1 Å². The smallest absolute Gasteiger partial charge is 0.406 e. The quantitative estimate of drug-likeness (QED) is 0.565. The van der Waals surface area contributed by atoms with Crippen molar-refractivity contribution >= 4 is 0 Å². The largest absolute Gasteiger partial charge is 0.573 e. The highest BCUT2D eigenvalue weighted by atomic mass is 19.4. The summed E-state index contributed by atoms with van der Waals surface area (Å²) in [5, 5.41) is 8.42. The molecule has 1 aromatic carbocycles. The van der Waals surface area contributed by atoms with Crippen molar-refractivity contribution in [2.75, 3.05) is 0 Å². The first-order valence-electron chi connectivity index (χ1n) is 7.00. The molecule has 0 heterocycles. The van der Waals surface area contributed by atoms with Crippen LogP contribution in [0.5, 0.6) is 5.75 Å². The van der Waals surface area contributed by atoms with Crippen LogP contribution in [0.15, 0.2) is 36.2 Å². The van der Waals surface area contributed by atoms with Gasteiger partial charge in [0.1, 0.15) is 11.8 Å². The fraction of sp³-hybridized carbons (Fsp3) is 0.438. The molecule has 1 fully saturated rings. The minimum Gasteiger partial charge on any atom is -0.406 e. The molecule has 2 rings (SSSR count). The van der Waals surface area contributed by atoms with E-state index in [9.17, 15) is 17.6 Å². The molecule has 0 spiro atoms. The summed E-state index contributed by atoms with van der Waals surface area (Å²) in [5.74, 6) is -0.681. The third-order valence-electron chi connectivity index (χ3n) is 3.85. The Hall–Kier alpha value is -2.03. The normalized spacial score (nSPS) is 23.0. The Morgan fingerprint density at radius 3 is 2.23 bits per heavy atom. The van der Waals surface area contributed by atoms with Gasteiger partial charge in [0.2, 0.25) is 0 Å². The average Bonchev–Trinajstić information content (AvgIpc) is 2.47. The van der Waals surface area contributed by atoms with Gasteiger partial charge in [0.05, 0.1) is 0 Å². The fourth-order valence-corrected chi connectivity index (χ4v) is 2.81. The molecule has 1 aliphatic rings. The summed E-state index contributed by atoms with van der Waals surface area (Å²) >= 11 is 0. The summed E-state index contributed by atoms with van der Waals surface area (Å²) in [6.45, 7) is 0. The number of allylic oxidation sites excluding steroid dienone is 2. The zero-order valence-corrected chi connectivity index (χ0v) is 11.7. The number of ether oxygens (including phenoxy) is 1. The fourth-order valence-electron chi connectivity index (χ4n) is 2.81. The third-order valence-corrected chi connectivity index (χ3v) is 3.85. The lowest BCUT2D eigenvalue weighted by molar-refractivity contribution is -0.274. The molecule has 0 atom stereocenters. The molecule has 6 heteroatoms. The second kappa shape index (κ2) is 6.82. The van der Waals surface area contributed by atoms with Gasteiger partial charge in [0, 0.05) is 0 Å². The Kier molecular flexibility index (Phi) is 5.07. The van der Waals surface area contributed by atoms with Gasteiger partial charge >= 0.3 is 6.36 Å². The zero-order valence-electron chi connectivity index (χ0n) is 11.7. The minimum atomic E-state index is -4.68. The predicted molar refractivity (Wildman–Crippen MR) is 72.6 cm³/mol. The lowest BCUT2D eigenvalue weighted by Gasteiger charge is -2.27. The SMILES string of the molecule is N#C/C(F)=C/C1CCC(c2ccc(OC(F)(F)F)cc2)CC1. The van der Waals surface area contributed by atoms with Gasteiger partial charge in [0.15, 0.2) is 5.83 Å². The van der Waals surface area contributed by atoms with Crippen molar-refractivity contribution in [1.82, 2.24) is 0 Å². The van der Waals surface area contributed by atoms with Gasteiger partial charge < -0.3 is 4.74 Å². The van der Waals surface area contributed by atoms with Crippen LogP contribution in [0.3, 0.4) is 0 Å². The Bertz CT molecular complexity index is 563. The Balaban J connectivity index is 1.93. The van der Waals surface area contributed by atoms with Gasteiger partial charge in [-0.2, -0.15) is 9.65 Å². The molecule has 1 aromatic rings. The number of hydrogen-bond donors (Lipinski definition) is 0. The van der Waals surface area contributed by atoms with Crippen LogP contribution >= 0.6 is 0 Å². The summed E-state index contributed by atoms with van der Waals surface area (Å²) in [5.41, 5.74) is 0.956. The monoisotopic (exact) mass is 313 g/mol. The molecule has 22 heavy (non-hydrogen) atoms. The molecule has 0 aromatic heterocycles. The van der Waals surface area contributed by atoms with Gasteiger partial charge in [-0.05, 0) is 61.3 Å². The standard InChI is InChI=1S/C16H15F4NO/c17-14(10-21)9-11-1-3-12(4-2-11)13-5-7-15(8-6-13)22-16(18,19)20/h5-9,11-12H,1-4H2/b14-9-. The van der Waals surface area contributed by atoms with E-state index in [1.54, 1.807) is 12.1 Å². The van der Waals surface area contributed by atoms with E-state index in [-0.39, 0.29) is 17.6 Å². The highest BCUT2D eigenvalue weighted by Crippen LogP contribution is 2.37. The summed E-state index contributed by atoms with van der Waals surface area (Å²) in [7, 11) is 0. The van der Waals surface area contributed by atoms with Crippen molar-refractivity contribution in [2.24, 2.45) is 5.92 Å². The van der Waals surface area contributed by atoms with Crippen LogP contribution in [-0.4, -0.2) is 6.36 Å². The van der Waals surface area contributed by atoms with Crippen LogP contribution in [0.25, 0.3) is 0 Å². The molecule has 0 radical (unpaired) electrons. The van der Waals surface area contributed by atoms with Crippen LogP contribution in [0.2, 0.25) is 0 Å². The summed E-state index contributed by atoms with van der Waals surface area (Å²) < 4.78 is 53.0. The third kappa shape index (κ3) is 4.76. The first-order valence-corrected chi connectivity index (χ1v) is 7.00. The van der Waals surface area contributed by atoms with Crippen molar-refractivity contribution in [1.29, 1.82) is 5.26 Å². The van der Waals surface area contributed by atoms with Gasteiger partial charge in [-0.15, -0.1) is 13.2 Å². The van der Waals surface area contributed by atoms with Gasteiger partial charge in [-0.25, -0.2) is 0 Å². The first-order chi connectivity index (χ1) is 10.4. The average molecular weight is 313 g/mol. The van der Waals surface area contributed by atoms with Crippen molar-refractivity contribution < 1.29 is 22.3 Å². The number of nitrogens with zero attached hydrogens (tertiary/aromatic N) is 1. The maximum absolute atomic E-state index is 12.9. The van der Waals surface area contributed by atoms with E-state index in [1.807, 2.05) is 0 Å². The van der Waals surface area contributed by atoms with Crippen molar-refractivity contribution in [3.63, 3.8) is 0 Å². The molecule has 1 aliphatic carbocycles. The molecule has 0 saturated heterocycles. The van der Waals surface area contributed by atoms with Crippen LogP contribution < -0.4 is 4.74 Å². The number of hydrogen-bond acceptors (Lipinski definition) is 2. The molecule has 0 bridgehead atoms. The summed E-state index contributed by atoms with van der Waals surface area (Å²) in [6.07, 6.45) is -0.160. The number of halogens is 4. The summed E-state index contributed by atoms with van der Waals surface area (Å²) in [4.78, 5) is 0. The van der Waals surface area contributed by atoms with Gasteiger partial charge in [0.25, 0.3) is 0 Å². The van der Waals surface area contributed by atoms with Crippen LogP contribution in [0.1, 0.15) is 37.2 Å². The van der Waals surface area contributed by atoms with E-state index in [1.165, 1.54) is 24.3 Å². The molecule has 1 saturated carbocycles. The maximum atomic E-state index is 12.9. The first kappa shape index (κ1) is 16.3. The zero-order chi connectivity index (χ0) is 16.2. The number of nitriles is 1. The topological polar surface area (TPSA) is 33.0 Å². The van der Waals surface area contributed by atoms with E-state index < -0.39 is 12.2 Å². The van der Waals surface area contributed by atoms with E-state index in [4.69, 9.17) is 5.26 Å². The number of rotatable bonds is 3. The van der Waals surface area contributed by atoms with Crippen molar-refractivity contribution in [3.8, 4) is 11.8 Å².